The second-order valence-electron chi connectivity index (χ2n) is 9.18. The van der Waals surface area contributed by atoms with Crippen molar-refractivity contribution in [2.45, 2.75) is 20.9 Å². The number of alkyl halides is 1. The van der Waals surface area contributed by atoms with Crippen molar-refractivity contribution in [1.82, 2.24) is 0 Å². The zero-order chi connectivity index (χ0) is 40.4. The zero-order valence-electron chi connectivity index (χ0n) is 26.5. The molecule has 0 saturated carbocycles. The van der Waals surface area contributed by atoms with Crippen LogP contribution in [0, 0.1) is 0 Å². The fourth-order valence-corrected chi connectivity index (χ4v) is 2730. The first kappa shape index (κ1) is 69.7. The summed E-state index contributed by atoms with van der Waals surface area (Å²) in [7, 11) is 13.4. The number of benzene rings is 3. The Morgan fingerprint density at radius 3 is 1.26 bits per heavy atom. The number of rotatable bonds is 13. The molecule has 0 bridgehead atoms. The van der Waals surface area contributed by atoms with E-state index in [4.69, 9.17) is 29.4 Å². The first-order chi connectivity index (χ1) is 24.3. The fraction of sp³-hybridized carbons (Fsp3) is 0.259. The molecule has 0 saturated heterocycles. The Labute approximate surface area is 475 Å². The van der Waals surface area contributed by atoms with Gasteiger partial charge in [0.25, 0.3) is 0 Å². The van der Waals surface area contributed by atoms with Gasteiger partial charge in [-0.15, -0.1) is 11.6 Å². The van der Waals surface area contributed by atoms with Crippen molar-refractivity contribution in [1.29, 1.82) is 0 Å². The molecule has 53 heavy (non-hydrogen) atoms. The van der Waals surface area contributed by atoms with Gasteiger partial charge in [0.1, 0.15) is 6.54 Å². The number of nitrogens with zero attached hydrogens (tertiary/aromatic N) is 1. The molecule has 3 aromatic rings. The van der Waals surface area contributed by atoms with Crippen LogP contribution in [0.3, 0.4) is 0 Å². The quantitative estimate of drug-likeness (QED) is 0.0740. The van der Waals surface area contributed by atoms with Gasteiger partial charge in [-0.3, -0.25) is 9.59 Å². The molecule has 0 atom stereocenters. The number of hydrogen-bond donors (Lipinski definition) is 0. The van der Waals surface area contributed by atoms with Crippen LogP contribution in [-0.4, -0.2) is 43.1 Å². The van der Waals surface area contributed by atoms with E-state index in [2.05, 4.69) is 238 Å². The van der Waals surface area contributed by atoms with Crippen LogP contribution in [0.4, 0.5) is 0 Å². The molecule has 0 amide bonds. The van der Waals surface area contributed by atoms with Crippen molar-refractivity contribution in [2.75, 3.05) is 27.0 Å². The van der Waals surface area contributed by atoms with E-state index in [-0.39, 0.29) is 80.1 Å². The maximum Gasteiger partial charge on any atom is 0.177 e. The second-order valence-corrected chi connectivity index (χ2v) is 419. The van der Waals surface area contributed by atoms with E-state index < -0.39 is 26.8 Å². The number of Topliss-reactive ketones (excluding diaryl/α,β-unsaturated/α-hetero) is 2. The fourth-order valence-electron chi connectivity index (χ4n) is 2.71. The maximum atomic E-state index is 10.9. The van der Waals surface area contributed by atoms with Crippen molar-refractivity contribution in [2.24, 2.45) is 0 Å². The normalized spacial score (nSPS) is 12.4. The molecule has 0 fully saturated rings. The summed E-state index contributed by atoms with van der Waals surface area (Å²) >= 11 is 35.8. The van der Waals surface area contributed by atoms with Gasteiger partial charge in [0, 0.05) is 16.7 Å². The van der Waals surface area contributed by atoms with Gasteiger partial charge in [-0.25, -0.2) is 0 Å². The standard InChI is InChI=1S/C10H16N.C8H7ClO.C8H8O.CH4.Cl2I.I19/c1-11(2,3)9-10-7-5-4-6-8-10;9-6-8(10)7-4-2-1-3-5-7;1-7(9)8-5-3-2-4-6-8;;1-3-2;1-11-13(4)15(6)17(8)19(10)18(9)16(7)14(5)12(2)3/h4-8H,9H2,1-3H3;1-5H,6H2;2-6H,1H3;1H4;;/q+1;;;;2*-1. The molecule has 3 aromatic carbocycles. The van der Waals surface area contributed by atoms with Crippen LogP contribution in [-0.2, 0) is 6.54 Å². The zero-order valence-corrected chi connectivity index (χ0v) is 71.9. The SMILES string of the molecule is C.CC(=O)c1ccccc1.C[N+](C)(C)Cc1ccccc1.Cl[I-]Cl.I[I-]I(I)I(I)I(I)I(I)I(I)I(I)I(I)I(I)I.O=C(CCl)c1ccccc1. The topological polar surface area (TPSA) is 34.1 Å². The van der Waals surface area contributed by atoms with Crippen molar-refractivity contribution >= 4 is 290 Å². The van der Waals surface area contributed by atoms with Crippen molar-refractivity contribution in [3.63, 3.8) is 0 Å². The Balaban J connectivity index is -0.000000634. The monoisotopic (exact) mass is 3050 g/mol. The summed E-state index contributed by atoms with van der Waals surface area (Å²) in [4.78, 5) is 21.5. The van der Waals surface area contributed by atoms with Crippen molar-refractivity contribution in [3.8, 4) is 0 Å². The maximum absolute atomic E-state index is 10.9. The molecule has 0 aliphatic heterocycles. The molecule has 0 unspecified atom stereocenters. The second kappa shape index (κ2) is 44.4. The molecular formula is C27H35Cl3I20NO2-. The van der Waals surface area contributed by atoms with Gasteiger partial charge in [0.15, 0.2) is 11.6 Å². The molecule has 0 radical (unpaired) electrons. The van der Waals surface area contributed by atoms with Gasteiger partial charge < -0.3 is 4.48 Å². The van der Waals surface area contributed by atoms with Gasteiger partial charge >= 0.3 is 299 Å². The van der Waals surface area contributed by atoms with Crippen LogP contribution < -0.4 is 32.2 Å². The summed E-state index contributed by atoms with van der Waals surface area (Å²) in [5.41, 5.74) is 2.86. The summed E-state index contributed by atoms with van der Waals surface area (Å²) in [6.45, 7) is 2.66. The van der Waals surface area contributed by atoms with Crippen molar-refractivity contribution < 1.29 is 46.3 Å². The molecular weight excluding hydrogens is 3010 g/mol. The Morgan fingerprint density at radius 2 is 0.962 bits per heavy atom. The number of ketones is 2. The third kappa shape index (κ3) is 37.9. The first-order valence-corrected chi connectivity index (χ1v) is 132. The minimum absolute atomic E-state index is 0. The molecule has 0 N–H and O–H groups in total. The molecule has 3 rings (SSSR count). The molecule has 322 valence electrons. The predicted molar refractivity (Wildman–Crippen MR) is 397 cm³/mol. The third-order valence-electron chi connectivity index (χ3n) is 4.51. The third-order valence-corrected chi connectivity index (χ3v) is 1240. The minimum Gasteiger partial charge on any atom is -0.293 e. The van der Waals surface area contributed by atoms with Crippen LogP contribution in [0.25, 0.3) is 0 Å². The molecule has 0 spiro atoms. The van der Waals surface area contributed by atoms with Crippen LogP contribution in [0.1, 0.15) is 40.6 Å². The minimum atomic E-state index is -0.466. The van der Waals surface area contributed by atoms with Crippen LogP contribution >= 0.6 is 279 Å². The van der Waals surface area contributed by atoms with Crippen molar-refractivity contribution in [3.05, 3.63) is 108 Å². The Hall–Kier alpha value is 12.4. The Morgan fingerprint density at radius 1 is 0.623 bits per heavy atom. The molecule has 0 aliphatic carbocycles. The van der Waals surface area contributed by atoms with E-state index in [9.17, 15) is 9.59 Å². The van der Waals surface area contributed by atoms with E-state index >= 15 is 0 Å². The van der Waals surface area contributed by atoms with Crippen LogP contribution in [0.15, 0.2) is 91.0 Å². The number of carbonyl (C=O) groups is 2. The van der Waals surface area contributed by atoms with E-state index in [0.29, 0.717) is 18.8 Å². The summed E-state index contributed by atoms with van der Waals surface area (Å²) in [5.74, 6) is 0.155. The summed E-state index contributed by atoms with van der Waals surface area (Å²) in [6.07, 6.45) is 0. The largest absolute Gasteiger partial charge is 0.293 e. The summed E-state index contributed by atoms with van der Waals surface area (Å²) < 4.78 is 0.990. The Kier molecular flexibility index (Phi) is 58.3. The van der Waals surface area contributed by atoms with E-state index in [1.54, 1.807) is 19.1 Å². The van der Waals surface area contributed by atoms with E-state index in [1.165, 1.54) is 5.56 Å². The van der Waals surface area contributed by atoms with Gasteiger partial charge in [0.05, 0.1) is 27.0 Å². The van der Waals surface area contributed by atoms with Gasteiger partial charge in [-0.05, 0) is 6.92 Å². The number of halogens is 23. The van der Waals surface area contributed by atoms with Gasteiger partial charge in [-0.1, -0.05) is 98.4 Å². The molecule has 0 heterocycles. The van der Waals surface area contributed by atoms with Gasteiger partial charge in [-0.2, -0.15) is 0 Å². The Bertz CT molecular complexity index is 1340. The average Bonchev–Trinajstić information content (AvgIpc) is 3.13. The summed E-state index contributed by atoms with van der Waals surface area (Å²) in [5, 5.41) is 0. The van der Waals surface area contributed by atoms with Crippen LogP contribution in [0.2, 0.25) is 0 Å². The predicted octanol–water partition coefficient (Wildman–Crippen LogP) is 17.9. The van der Waals surface area contributed by atoms with Crippen LogP contribution in [0.5, 0.6) is 0 Å². The number of carbonyl (C=O) groups excluding carboxylic acids is 2. The molecule has 26 heteroatoms. The smallest absolute Gasteiger partial charge is 0.177 e. The molecule has 3 nitrogen and oxygen atoms in total. The first-order valence-electron chi connectivity index (χ1n) is 12.6. The van der Waals surface area contributed by atoms with E-state index in [1.807, 2.05) is 48.5 Å². The molecule has 0 aliphatic rings. The summed E-state index contributed by atoms with van der Waals surface area (Å²) in [6, 6.07) is 28.8. The number of quaternary nitrogens is 1. The molecule has 0 aromatic heterocycles. The van der Waals surface area contributed by atoms with E-state index in [0.717, 1.165) is 16.6 Å². The van der Waals surface area contributed by atoms with Gasteiger partial charge in [0.2, 0.25) is 0 Å². The number of hydrogen-bond acceptors (Lipinski definition) is 2. The average molecular weight is 3050 g/mol.